The first-order valence-electron chi connectivity index (χ1n) is 12.5. The number of cyclic esters (lactones) is 1. The van der Waals surface area contributed by atoms with Gasteiger partial charge in [-0.25, -0.2) is 18.6 Å². The van der Waals surface area contributed by atoms with Crippen LogP contribution in [-0.2, 0) is 39.5 Å². The van der Waals surface area contributed by atoms with E-state index in [0.29, 0.717) is 28.0 Å². The van der Waals surface area contributed by atoms with Crippen LogP contribution in [0, 0.1) is 11.6 Å². The summed E-state index contributed by atoms with van der Waals surface area (Å²) in [6.07, 6.45) is 1.79. The van der Waals surface area contributed by atoms with Crippen LogP contribution in [0.3, 0.4) is 0 Å². The molecule has 0 saturated heterocycles. The molecular formula is C29H23F2N3O5. The van der Waals surface area contributed by atoms with Crippen LogP contribution < -0.4 is 5.56 Å². The quantitative estimate of drug-likeness (QED) is 0.154. The summed E-state index contributed by atoms with van der Waals surface area (Å²) in [7, 11) is 0. The first-order chi connectivity index (χ1) is 18.8. The van der Waals surface area contributed by atoms with Crippen molar-refractivity contribution in [2.75, 3.05) is 6.61 Å². The maximum absolute atomic E-state index is 13.9. The Morgan fingerprint density at radius 1 is 1.18 bits per heavy atom. The van der Waals surface area contributed by atoms with Crippen LogP contribution >= 0.6 is 0 Å². The monoisotopic (exact) mass is 531 g/mol. The fraction of sp³-hybridized carbons (Fsp3) is 0.241. The van der Waals surface area contributed by atoms with Crippen LogP contribution in [0.15, 0.2) is 58.5 Å². The molecule has 2 aromatic carbocycles. The number of carbonyl (C=O) groups excluding carboxylic acids is 1. The molecule has 6 rings (SSSR count). The summed E-state index contributed by atoms with van der Waals surface area (Å²) in [6.45, 7) is 1.72. The molecule has 0 amide bonds. The lowest BCUT2D eigenvalue weighted by atomic mass is 9.86. The number of fused-ring (bicyclic) bond motifs is 5. The Kier molecular flexibility index (Phi) is 5.99. The number of carbonyl (C=O) groups is 1. The Bertz CT molecular complexity index is 1750. The van der Waals surface area contributed by atoms with E-state index in [9.17, 15) is 23.5 Å². The van der Waals surface area contributed by atoms with Gasteiger partial charge in [-0.1, -0.05) is 36.3 Å². The van der Waals surface area contributed by atoms with Gasteiger partial charge in [-0.05, 0) is 30.2 Å². The van der Waals surface area contributed by atoms with Crippen molar-refractivity contribution in [2.45, 2.75) is 38.5 Å². The molecule has 0 unspecified atom stereocenters. The Balaban J connectivity index is 1.38. The molecule has 0 radical (unpaired) electrons. The van der Waals surface area contributed by atoms with E-state index in [4.69, 9.17) is 14.6 Å². The summed E-state index contributed by atoms with van der Waals surface area (Å²) in [5.74, 6) is -2.07. The minimum Gasteiger partial charge on any atom is -0.458 e. The maximum Gasteiger partial charge on any atom is 0.343 e. The number of ether oxygens (including phenoxy) is 1. The largest absolute Gasteiger partial charge is 0.458 e. The fourth-order valence-electron chi connectivity index (χ4n) is 5.23. The number of halogens is 2. The zero-order valence-corrected chi connectivity index (χ0v) is 20.9. The van der Waals surface area contributed by atoms with Crippen molar-refractivity contribution in [3.05, 3.63) is 98.3 Å². The number of rotatable bonds is 6. The Labute approximate surface area is 221 Å². The lowest BCUT2D eigenvalue weighted by Gasteiger charge is -2.31. The molecule has 1 N–H and O–H groups in total. The van der Waals surface area contributed by atoms with Crippen molar-refractivity contribution in [1.29, 1.82) is 0 Å². The van der Waals surface area contributed by atoms with Gasteiger partial charge in [-0.15, -0.1) is 0 Å². The van der Waals surface area contributed by atoms with Gasteiger partial charge in [0, 0.05) is 34.6 Å². The fourth-order valence-corrected chi connectivity index (χ4v) is 5.23. The molecule has 4 aromatic rings. The Hall–Kier alpha value is -4.44. The van der Waals surface area contributed by atoms with Crippen molar-refractivity contribution in [3.63, 3.8) is 0 Å². The summed E-state index contributed by atoms with van der Waals surface area (Å²) in [6, 6.07) is 12.5. The van der Waals surface area contributed by atoms with Crippen LogP contribution in [-0.4, -0.2) is 33.4 Å². The highest BCUT2D eigenvalue weighted by Gasteiger charge is 2.45. The molecule has 2 aliphatic heterocycles. The number of esters is 1. The second-order valence-electron chi connectivity index (χ2n) is 9.53. The predicted octanol–water partition coefficient (Wildman–Crippen LogP) is 3.95. The van der Waals surface area contributed by atoms with Gasteiger partial charge in [0.15, 0.2) is 5.60 Å². The van der Waals surface area contributed by atoms with Gasteiger partial charge in [-0.2, -0.15) is 0 Å². The predicted molar refractivity (Wildman–Crippen MR) is 138 cm³/mol. The molecule has 2 aromatic heterocycles. The van der Waals surface area contributed by atoms with Crippen LogP contribution in [0.4, 0.5) is 8.78 Å². The molecule has 39 heavy (non-hydrogen) atoms. The third-order valence-electron chi connectivity index (χ3n) is 7.37. The van der Waals surface area contributed by atoms with Gasteiger partial charge in [0.05, 0.1) is 35.2 Å². The molecule has 2 aliphatic rings. The summed E-state index contributed by atoms with van der Waals surface area (Å²) < 4.78 is 33.7. The third kappa shape index (κ3) is 3.99. The molecule has 4 heterocycles. The molecule has 0 spiro atoms. The lowest BCUT2D eigenvalue weighted by Crippen LogP contribution is -2.44. The van der Waals surface area contributed by atoms with Crippen LogP contribution in [0.25, 0.3) is 22.3 Å². The highest BCUT2D eigenvalue weighted by molar-refractivity contribution is 6.02. The molecule has 198 valence electrons. The van der Waals surface area contributed by atoms with Gasteiger partial charge >= 0.3 is 5.97 Å². The van der Waals surface area contributed by atoms with E-state index in [-0.39, 0.29) is 49.3 Å². The normalized spacial score (nSPS) is 17.7. The van der Waals surface area contributed by atoms with Gasteiger partial charge in [0.1, 0.15) is 24.8 Å². The second-order valence-corrected chi connectivity index (χ2v) is 9.53. The van der Waals surface area contributed by atoms with E-state index < -0.39 is 23.2 Å². The summed E-state index contributed by atoms with van der Waals surface area (Å²) >= 11 is 0. The molecule has 10 heteroatoms. The third-order valence-corrected chi connectivity index (χ3v) is 7.37. The number of nitrogens with zero attached hydrogens (tertiary/aromatic N) is 3. The Morgan fingerprint density at radius 3 is 2.79 bits per heavy atom. The van der Waals surface area contributed by atoms with Crippen LogP contribution in [0.5, 0.6) is 0 Å². The van der Waals surface area contributed by atoms with Crippen LogP contribution in [0.2, 0.25) is 0 Å². The van der Waals surface area contributed by atoms with E-state index in [1.54, 1.807) is 17.6 Å². The van der Waals surface area contributed by atoms with Crippen molar-refractivity contribution in [3.8, 4) is 11.4 Å². The van der Waals surface area contributed by atoms with Crippen molar-refractivity contribution in [2.24, 2.45) is 5.16 Å². The molecule has 0 bridgehead atoms. The standard InChI is InChI=1S/C29H23F2N3O5/c1-2-29(37)22-12-25-26-20(14-34(25)27(35)21(22)15-38-28(29)36)19(18-5-3-4-6-24(18)33-26)13-32-39-10-9-16-7-8-17(30)11-23(16)31/h3-8,11-13,37H,2,9-10,14-15H2,1H3/b32-13+/t29-/m0/s1. The zero-order chi connectivity index (χ0) is 27.3. The van der Waals surface area contributed by atoms with Gasteiger partial charge in [-0.3, -0.25) is 4.79 Å². The van der Waals surface area contributed by atoms with E-state index in [1.807, 2.05) is 24.3 Å². The SMILES string of the molecule is CC[C@@]1(O)C(=O)OCc2c1cc1n(c2=O)Cc2c-1nc1ccccc1c2/C=N/OCCc1ccc(F)cc1F. The van der Waals surface area contributed by atoms with Crippen molar-refractivity contribution < 1.29 is 28.3 Å². The van der Waals surface area contributed by atoms with E-state index in [2.05, 4.69) is 5.16 Å². The van der Waals surface area contributed by atoms with E-state index in [1.165, 1.54) is 18.3 Å². The number of oxime groups is 1. The number of para-hydroxylation sites is 1. The van der Waals surface area contributed by atoms with Gasteiger partial charge in [0.25, 0.3) is 5.56 Å². The zero-order valence-electron chi connectivity index (χ0n) is 20.9. The van der Waals surface area contributed by atoms with Crippen LogP contribution in [0.1, 0.15) is 41.2 Å². The summed E-state index contributed by atoms with van der Waals surface area (Å²) in [5, 5.41) is 16.0. The lowest BCUT2D eigenvalue weighted by molar-refractivity contribution is -0.172. The van der Waals surface area contributed by atoms with Gasteiger partial charge in [0.2, 0.25) is 0 Å². The number of pyridine rings is 2. The summed E-state index contributed by atoms with van der Waals surface area (Å²) in [5.41, 5.74) is 1.65. The molecule has 1 atom stereocenters. The average Bonchev–Trinajstić information content (AvgIpc) is 3.30. The van der Waals surface area contributed by atoms with Gasteiger partial charge < -0.3 is 19.2 Å². The molecule has 8 nitrogen and oxygen atoms in total. The highest BCUT2D eigenvalue weighted by Crippen LogP contribution is 2.39. The number of hydrogen-bond donors (Lipinski definition) is 1. The highest BCUT2D eigenvalue weighted by atomic mass is 19.1. The molecule has 0 saturated carbocycles. The molecular weight excluding hydrogens is 508 g/mol. The Morgan fingerprint density at radius 2 is 2.00 bits per heavy atom. The molecule has 0 aliphatic carbocycles. The number of aromatic nitrogens is 2. The minimum atomic E-state index is -1.91. The molecule has 0 fully saturated rings. The number of benzene rings is 2. The second kappa shape index (κ2) is 9.39. The summed E-state index contributed by atoms with van der Waals surface area (Å²) in [4.78, 5) is 36.1. The first kappa shape index (κ1) is 24.9. The smallest absolute Gasteiger partial charge is 0.343 e. The minimum absolute atomic E-state index is 0.0524. The van der Waals surface area contributed by atoms with Crippen molar-refractivity contribution in [1.82, 2.24) is 9.55 Å². The van der Waals surface area contributed by atoms with E-state index in [0.717, 1.165) is 17.0 Å². The average molecular weight is 532 g/mol. The maximum atomic E-state index is 13.9. The number of aliphatic hydroxyl groups is 1. The van der Waals surface area contributed by atoms with Crippen molar-refractivity contribution >= 4 is 23.1 Å². The topological polar surface area (TPSA) is 103 Å². The first-order valence-corrected chi connectivity index (χ1v) is 12.5. The van der Waals surface area contributed by atoms with E-state index >= 15 is 0 Å². The number of hydrogen-bond acceptors (Lipinski definition) is 7.